The number of hydrogen-bond acceptors (Lipinski definition) is 4. The van der Waals surface area contributed by atoms with Crippen molar-refractivity contribution >= 4 is 23.2 Å². The minimum absolute atomic E-state index is 0.0285. The molecule has 0 bridgehead atoms. The van der Waals surface area contributed by atoms with E-state index in [2.05, 4.69) is 22.9 Å². The molecule has 34 heavy (non-hydrogen) atoms. The van der Waals surface area contributed by atoms with Gasteiger partial charge in [-0.05, 0) is 55.7 Å². The second-order valence-electron chi connectivity index (χ2n) is 9.08. The van der Waals surface area contributed by atoms with Gasteiger partial charge in [-0.3, -0.25) is 9.59 Å². The molecule has 184 valence electrons. The summed E-state index contributed by atoms with van der Waals surface area (Å²) in [7, 11) is 0. The number of nitrogens with one attached hydrogen (secondary N) is 3. The van der Waals surface area contributed by atoms with Gasteiger partial charge in [0.25, 0.3) is 5.91 Å². The topological polar surface area (TPSA) is 79.5 Å². The molecule has 1 aliphatic carbocycles. The Hall–Kier alpha value is -3.02. The largest absolute Gasteiger partial charge is 0.494 e. The van der Waals surface area contributed by atoms with Gasteiger partial charge in [-0.1, -0.05) is 57.9 Å². The van der Waals surface area contributed by atoms with Gasteiger partial charge in [0.2, 0.25) is 5.91 Å². The highest BCUT2D eigenvalue weighted by molar-refractivity contribution is 5.95. The lowest BCUT2D eigenvalue weighted by Crippen LogP contribution is -2.36. The van der Waals surface area contributed by atoms with Crippen molar-refractivity contribution in [2.75, 3.05) is 23.8 Å². The van der Waals surface area contributed by atoms with Crippen LogP contribution in [0.4, 0.5) is 11.4 Å². The summed E-state index contributed by atoms with van der Waals surface area (Å²) in [6.45, 7) is 3.04. The number of unbranched alkanes of at least 4 members (excludes halogenated alkanes) is 4. The van der Waals surface area contributed by atoms with Crippen LogP contribution in [0.5, 0.6) is 5.75 Å². The Balaban J connectivity index is 1.38. The van der Waals surface area contributed by atoms with Crippen molar-refractivity contribution in [2.24, 2.45) is 0 Å². The summed E-state index contributed by atoms with van der Waals surface area (Å²) < 4.78 is 5.82. The van der Waals surface area contributed by atoms with Gasteiger partial charge in [0.05, 0.1) is 13.2 Å². The standard InChI is InChI=1S/C28H39N3O3/c1-2-3-4-5-9-19-34-26-14-10-13-25(20-26)30-27(32)21-29-23-17-15-22(16-18-23)28(33)31-24-11-7-6-8-12-24/h10,13-18,20,24,29H,2-9,11-12,19,21H2,1H3,(H,30,32)(H,31,33). The number of amides is 2. The van der Waals surface area contributed by atoms with Gasteiger partial charge in [-0.25, -0.2) is 0 Å². The molecule has 0 spiro atoms. The van der Waals surface area contributed by atoms with Crippen LogP contribution in [0.25, 0.3) is 0 Å². The molecule has 2 amide bonds. The first kappa shape index (κ1) is 25.6. The number of carbonyl (C=O) groups is 2. The van der Waals surface area contributed by atoms with E-state index in [4.69, 9.17) is 4.74 Å². The molecule has 2 aromatic rings. The fourth-order valence-corrected chi connectivity index (χ4v) is 4.20. The minimum Gasteiger partial charge on any atom is -0.494 e. The molecule has 0 unspecified atom stereocenters. The van der Waals surface area contributed by atoms with Crippen LogP contribution in [0.3, 0.4) is 0 Å². The van der Waals surface area contributed by atoms with E-state index in [-0.39, 0.29) is 24.4 Å². The third-order valence-electron chi connectivity index (χ3n) is 6.17. The highest BCUT2D eigenvalue weighted by Gasteiger charge is 2.16. The Kier molecular flexibility index (Phi) is 10.8. The van der Waals surface area contributed by atoms with Crippen molar-refractivity contribution < 1.29 is 14.3 Å². The molecule has 0 radical (unpaired) electrons. The SMILES string of the molecule is CCCCCCCOc1cccc(NC(=O)CNc2ccc(C(=O)NC3CCCCC3)cc2)c1. The van der Waals surface area contributed by atoms with Crippen LogP contribution >= 0.6 is 0 Å². The number of ether oxygens (including phenoxy) is 1. The van der Waals surface area contributed by atoms with Gasteiger partial charge in [0, 0.05) is 29.0 Å². The molecule has 0 saturated heterocycles. The van der Waals surface area contributed by atoms with E-state index in [1.54, 1.807) is 12.1 Å². The zero-order valence-electron chi connectivity index (χ0n) is 20.4. The molecule has 0 aliphatic heterocycles. The van der Waals surface area contributed by atoms with E-state index in [1.807, 2.05) is 36.4 Å². The molecule has 0 aromatic heterocycles. The van der Waals surface area contributed by atoms with E-state index in [0.717, 1.165) is 30.7 Å². The molecule has 6 nitrogen and oxygen atoms in total. The summed E-state index contributed by atoms with van der Waals surface area (Å²) >= 11 is 0. The smallest absolute Gasteiger partial charge is 0.251 e. The molecule has 1 saturated carbocycles. The molecule has 3 rings (SSSR count). The third-order valence-corrected chi connectivity index (χ3v) is 6.17. The van der Waals surface area contributed by atoms with Gasteiger partial charge in [-0.2, -0.15) is 0 Å². The number of hydrogen-bond donors (Lipinski definition) is 3. The summed E-state index contributed by atoms with van der Waals surface area (Å²) in [5.74, 6) is 0.596. The molecule has 0 heterocycles. The lowest BCUT2D eigenvalue weighted by Gasteiger charge is -2.22. The predicted octanol–water partition coefficient (Wildman–Crippen LogP) is 6.15. The van der Waals surface area contributed by atoms with Crippen LogP contribution in [-0.4, -0.2) is 31.0 Å². The molecule has 2 aromatic carbocycles. The molecular weight excluding hydrogens is 426 g/mol. The van der Waals surface area contributed by atoms with E-state index >= 15 is 0 Å². The van der Waals surface area contributed by atoms with E-state index in [1.165, 1.54) is 44.9 Å². The number of anilines is 2. The Morgan fingerprint density at radius 3 is 2.44 bits per heavy atom. The third kappa shape index (κ3) is 9.08. The van der Waals surface area contributed by atoms with Crippen molar-refractivity contribution in [1.29, 1.82) is 0 Å². The van der Waals surface area contributed by atoms with E-state index in [9.17, 15) is 9.59 Å². The average Bonchev–Trinajstić information content (AvgIpc) is 2.86. The first-order valence-corrected chi connectivity index (χ1v) is 12.8. The van der Waals surface area contributed by atoms with Crippen LogP contribution < -0.4 is 20.7 Å². The van der Waals surface area contributed by atoms with Crippen LogP contribution in [0, 0.1) is 0 Å². The Labute approximate surface area is 203 Å². The maximum Gasteiger partial charge on any atom is 0.251 e. The van der Waals surface area contributed by atoms with Crippen molar-refractivity contribution in [3.8, 4) is 5.75 Å². The lowest BCUT2D eigenvalue weighted by atomic mass is 9.95. The Morgan fingerprint density at radius 1 is 0.912 bits per heavy atom. The zero-order valence-corrected chi connectivity index (χ0v) is 20.4. The molecule has 0 atom stereocenters. The number of rotatable bonds is 13. The normalized spacial score (nSPS) is 13.8. The van der Waals surface area contributed by atoms with Gasteiger partial charge in [0.15, 0.2) is 0 Å². The minimum atomic E-state index is -0.143. The maximum atomic E-state index is 12.4. The molecule has 6 heteroatoms. The first-order valence-electron chi connectivity index (χ1n) is 12.8. The predicted molar refractivity (Wildman–Crippen MR) is 139 cm³/mol. The second kappa shape index (κ2) is 14.3. The molecule has 1 fully saturated rings. The Morgan fingerprint density at radius 2 is 1.68 bits per heavy atom. The van der Waals surface area contributed by atoms with Crippen molar-refractivity contribution in [2.45, 2.75) is 77.2 Å². The van der Waals surface area contributed by atoms with Gasteiger partial charge in [-0.15, -0.1) is 0 Å². The maximum absolute atomic E-state index is 12.4. The lowest BCUT2D eigenvalue weighted by molar-refractivity contribution is -0.114. The zero-order chi connectivity index (χ0) is 24.0. The van der Waals surface area contributed by atoms with Crippen molar-refractivity contribution in [1.82, 2.24) is 5.32 Å². The number of benzene rings is 2. The van der Waals surface area contributed by atoms with E-state index in [0.29, 0.717) is 17.9 Å². The molecular formula is C28H39N3O3. The average molecular weight is 466 g/mol. The summed E-state index contributed by atoms with van der Waals surface area (Å²) in [5, 5.41) is 9.14. The second-order valence-corrected chi connectivity index (χ2v) is 9.08. The quantitative estimate of drug-likeness (QED) is 0.310. The van der Waals surface area contributed by atoms with Gasteiger partial charge in [0.1, 0.15) is 5.75 Å². The van der Waals surface area contributed by atoms with Gasteiger partial charge < -0.3 is 20.7 Å². The number of carbonyl (C=O) groups excluding carboxylic acids is 2. The van der Waals surface area contributed by atoms with Crippen LogP contribution in [0.15, 0.2) is 48.5 Å². The van der Waals surface area contributed by atoms with E-state index < -0.39 is 0 Å². The Bertz CT molecular complexity index is 892. The highest BCUT2D eigenvalue weighted by atomic mass is 16.5. The summed E-state index contributed by atoms with van der Waals surface area (Å²) in [6, 6.07) is 15.0. The molecule has 3 N–H and O–H groups in total. The van der Waals surface area contributed by atoms with Crippen LogP contribution in [0.1, 0.15) is 81.5 Å². The summed E-state index contributed by atoms with van der Waals surface area (Å²) in [4.78, 5) is 24.8. The van der Waals surface area contributed by atoms with Crippen molar-refractivity contribution in [3.63, 3.8) is 0 Å². The summed E-state index contributed by atoms with van der Waals surface area (Å²) in [5.41, 5.74) is 2.15. The monoisotopic (exact) mass is 465 g/mol. The fraction of sp³-hybridized carbons (Fsp3) is 0.500. The fourth-order valence-electron chi connectivity index (χ4n) is 4.20. The van der Waals surface area contributed by atoms with Crippen molar-refractivity contribution in [3.05, 3.63) is 54.1 Å². The van der Waals surface area contributed by atoms with Crippen LogP contribution in [-0.2, 0) is 4.79 Å². The molecule has 1 aliphatic rings. The highest BCUT2D eigenvalue weighted by Crippen LogP contribution is 2.19. The van der Waals surface area contributed by atoms with Gasteiger partial charge >= 0.3 is 0 Å². The van der Waals surface area contributed by atoms with Crippen LogP contribution in [0.2, 0.25) is 0 Å². The summed E-state index contributed by atoms with van der Waals surface area (Å²) in [6.07, 6.45) is 11.7. The first-order chi connectivity index (χ1) is 16.6.